The summed E-state index contributed by atoms with van der Waals surface area (Å²) in [6.45, 7) is 3.02. The summed E-state index contributed by atoms with van der Waals surface area (Å²) >= 11 is 13.3. The highest BCUT2D eigenvalue weighted by molar-refractivity contribution is 7.09. The molecule has 39 heavy (non-hydrogen) atoms. The molecule has 1 aliphatic rings. The van der Waals surface area contributed by atoms with E-state index in [-0.39, 0.29) is 24.2 Å². The van der Waals surface area contributed by atoms with Crippen molar-refractivity contribution in [1.29, 1.82) is 0 Å². The molecule has 4 rings (SSSR count). The zero-order valence-electron chi connectivity index (χ0n) is 21.0. The van der Waals surface area contributed by atoms with Gasteiger partial charge in [0.25, 0.3) is 11.6 Å². The molecule has 206 valence electrons. The summed E-state index contributed by atoms with van der Waals surface area (Å²) in [5, 5.41) is 16.7. The Morgan fingerprint density at radius 3 is 2.49 bits per heavy atom. The Morgan fingerprint density at radius 1 is 1.13 bits per heavy atom. The predicted octanol–water partition coefficient (Wildman–Crippen LogP) is 5.00. The van der Waals surface area contributed by atoms with E-state index >= 15 is 0 Å². The van der Waals surface area contributed by atoms with Crippen molar-refractivity contribution in [2.24, 2.45) is 0 Å². The van der Waals surface area contributed by atoms with Gasteiger partial charge in [-0.2, -0.15) is 0 Å². The number of aromatic nitrogens is 1. The summed E-state index contributed by atoms with van der Waals surface area (Å²) in [5.74, 6) is -0.176. The maximum Gasteiger partial charge on any atom is 0.322 e. The summed E-state index contributed by atoms with van der Waals surface area (Å²) in [6.07, 6.45) is 0. The molecule has 0 unspecified atom stereocenters. The molecule has 0 aliphatic carbocycles. The number of nitrogens with one attached hydrogen (secondary N) is 1. The fraction of sp³-hybridized carbons (Fsp3) is 0.320. The number of urea groups is 1. The fourth-order valence-corrected chi connectivity index (χ4v) is 5.07. The lowest BCUT2D eigenvalue weighted by atomic mass is 10.2. The second-order valence-corrected chi connectivity index (χ2v) is 10.4. The van der Waals surface area contributed by atoms with E-state index in [0.717, 1.165) is 5.69 Å². The highest BCUT2D eigenvalue weighted by Crippen LogP contribution is 2.26. The minimum absolute atomic E-state index is 0.0412. The number of nitro benzene ring substituents is 1. The number of benzene rings is 2. The highest BCUT2D eigenvalue weighted by atomic mass is 35.5. The van der Waals surface area contributed by atoms with Crippen LogP contribution in [0.15, 0.2) is 47.8 Å². The molecule has 2 heterocycles. The van der Waals surface area contributed by atoms with Crippen LogP contribution in [0.3, 0.4) is 0 Å². The van der Waals surface area contributed by atoms with E-state index in [4.69, 9.17) is 27.9 Å². The first-order chi connectivity index (χ1) is 18.7. The van der Waals surface area contributed by atoms with Crippen molar-refractivity contribution in [3.63, 3.8) is 0 Å². The van der Waals surface area contributed by atoms with E-state index in [0.29, 0.717) is 65.8 Å². The standard InChI is InChI=1S/C25H26Cl2N6O5S/c1-38-13-12-32(25(35)28-17-2-7-20(26)21(27)14-17)15-23-29-22(16-39-23)24(34)31-10-8-30(9-11-31)18-3-5-19(6-4-18)33(36)37/h2-7,14,16H,8-13,15H2,1H3,(H,28,35). The first-order valence-electron chi connectivity index (χ1n) is 12.0. The lowest BCUT2D eigenvalue weighted by Gasteiger charge is -2.35. The van der Waals surface area contributed by atoms with Crippen LogP contribution in [0.25, 0.3) is 0 Å². The number of thiazole rings is 1. The van der Waals surface area contributed by atoms with Gasteiger partial charge in [0.15, 0.2) is 0 Å². The van der Waals surface area contributed by atoms with E-state index in [9.17, 15) is 19.7 Å². The molecule has 0 bridgehead atoms. The minimum Gasteiger partial charge on any atom is -0.383 e. The van der Waals surface area contributed by atoms with Gasteiger partial charge in [-0.3, -0.25) is 14.9 Å². The van der Waals surface area contributed by atoms with Crippen molar-refractivity contribution in [3.05, 3.63) is 78.7 Å². The van der Waals surface area contributed by atoms with Crippen LogP contribution in [0.1, 0.15) is 15.5 Å². The molecule has 3 aromatic rings. The number of anilines is 2. The van der Waals surface area contributed by atoms with Gasteiger partial charge in [-0.25, -0.2) is 9.78 Å². The van der Waals surface area contributed by atoms with Gasteiger partial charge in [0.05, 0.1) is 28.1 Å². The Kier molecular flexibility index (Phi) is 9.57. The Morgan fingerprint density at radius 2 is 1.85 bits per heavy atom. The summed E-state index contributed by atoms with van der Waals surface area (Å²) in [5.41, 5.74) is 1.74. The molecular weight excluding hydrogens is 567 g/mol. The van der Waals surface area contributed by atoms with Gasteiger partial charge in [0, 0.05) is 68.7 Å². The lowest BCUT2D eigenvalue weighted by Crippen LogP contribution is -2.48. The Bertz CT molecular complexity index is 1330. The zero-order valence-corrected chi connectivity index (χ0v) is 23.3. The number of nitro groups is 1. The Hall–Kier alpha value is -3.45. The number of carbonyl (C=O) groups is 2. The first kappa shape index (κ1) is 28.6. The first-order valence-corrected chi connectivity index (χ1v) is 13.6. The highest BCUT2D eigenvalue weighted by Gasteiger charge is 2.25. The molecular formula is C25H26Cl2N6O5S. The van der Waals surface area contributed by atoms with Crippen LogP contribution in [0.4, 0.5) is 21.9 Å². The SMILES string of the molecule is COCCN(Cc1nc(C(=O)N2CCN(c3ccc([N+](=O)[O-])cc3)CC2)cs1)C(=O)Nc1ccc(Cl)c(Cl)c1. The second kappa shape index (κ2) is 13.1. The lowest BCUT2D eigenvalue weighted by molar-refractivity contribution is -0.384. The molecule has 0 atom stereocenters. The van der Waals surface area contributed by atoms with Gasteiger partial charge in [-0.15, -0.1) is 11.3 Å². The topological polar surface area (TPSA) is 121 Å². The van der Waals surface area contributed by atoms with Crippen LogP contribution < -0.4 is 10.2 Å². The molecule has 1 aromatic heterocycles. The van der Waals surface area contributed by atoms with Crippen molar-refractivity contribution in [2.75, 3.05) is 56.7 Å². The molecule has 1 fully saturated rings. The van der Waals surface area contributed by atoms with Crippen LogP contribution in [0.2, 0.25) is 10.0 Å². The van der Waals surface area contributed by atoms with Crippen LogP contribution in [-0.4, -0.2) is 78.1 Å². The van der Waals surface area contributed by atoms with Crippen LogP contribution in [0, 0.1) is 10.1 Å². The van der Waals surface area contributed by atoms with Crippen LogP contribution in [-0.2, 0) is 11.3 Å². The number of non-ortho nitro benzene ring substituents is 1. The maximum atomic E-state index is 13.1. The molecule has 1 saturated heterocycles. The number of rotatable bonds is 9. The Balaban J connectivity index is 1.35. The number of hydrogen-bond acceptors (Lipinski definition) is 8. The quantitative estimate of drug-likeness (QED) is 0.274. The van der Waals surface area contributed by atoms with Gasteiger partial charge < -0.3 is 24.8 Å². The van der Waals surface area contributed by atoms with Crippen molar-refractivity contribution in [2.45, 2.75) is 6.54 Å². The van der Waals surface area contributed by atoms with E-state index in [1.54, 1.807) is 52.6 Å². The third-order valence-corrected chi connectivity index (χ3v) is 7.69. The molecule has 1 N–H and O–H groups in total. The number of halogens is 2. The number of carbonyl (C=O) groups excluding carboxylic acids is 2. The van der Waals surface area contributed by atoms with Crippen molar-refractivity contribution < 1.29 is 19.2 Å². The molecule has 3 amide bonds. The number of piperazine rings is 1. The number of amides is 3. The number of ether oxygens (including phenoxy) is 1. The summed E-state index contributed by atoms with van der Waals surface area (Å²) < 4.78 is 5.15. The van der Waals surface area contributed by atoms with Crippen LogP contribution >= 0.6 is 34.5 Å². The maximum absolute atomic E-state index is 13.1. The molecule has 11 nitrogen and oxygen atoms in total. The molecule has 1 aliphatic heterocycles. The zero-order chi connectivity index (χ0) is 27.9. The third kappa shape index (κ3) is 7.35. The molecule has 2 aromatic carbocycles. The average Bonchev–Trinajstić information content (AvgIpc) is 3.41. The van der Waals surface area contributed by atoms with Crippen molar-refractivity contribution in [3.8, 4) is 0 Å². The van der Waals surface area contributed by atoms with Gasteiger partial charge in [0.2, 0.25) is 0 Å². The molecule has 0 spiro atoms. The van der Waals surface area contributed by atoms with Gasteiger partial charge in [-0.05, 0) is 30.3 Å². The fourth-order valence-electron chi connectivity index (χ4n) is 3.99. The van der Waals surface area contributed by atoms with Gasteiger partial charge in [-0.1, -0.05) is 23.2 Å². The van der Waals surface area contributed by atoms with Crippen LogP contribution in [0.5, 0.6) is 0 Å². The smallest absolute Gasteiger partial charge is 0.322 e. The number of methoxy groups -OCH3 is 1. The van der Waals surface area contributed by atoms with Crippen molar-refractivity contribution >= 4 is 63.5 Å². The van der Waals surface area contributed by atoms with Gasteiger partial charge >= 0.3 is 6.03 Å². The summed E-state index contributed by atoms with van der Waals surface area (Å²) in [6, 6.07) is 10.8. The average molecular weight is 593 g/mol. The Labute approximate surface area is 239 Å². The molecule has 0 radical (unpaired) electrons. The molecule has 14 heteroatoms. The van der Waals surface area contributed by atoms with E-state index in [1.807, 2.05) is 0 Å². The van der Waals surface area contributed by atoms with E-state index in [2.05, 4.69) is 15.2 Å². The number of hydrogen-bond donors (Lipinski definition) is 1. The minimum atomic E-state index is -0.429. The van der Waals surface area contributed by atoms with E-state index in [1.165, 1.54) is 23.5 Å². The summed E-state index contributed by atoms with van der Waals surface area (Å²) in [4.78, 5) is 46.4. The normalized spacial score (nSPS) is 13.3. The number of nitrogens with zero attached hydrogens (tertiary/aromatic N) is 5. The van der Waals surface area contributed by atoms with E-state index < -0.39 is 4.92 Å². The van der Waals surface area contributed by atoms with Crippen molar-refractivity contribution in [1.82, 2.24) is 14.8 Å². The summed E-state index contributed by atoms with van der Waals surface area (Å²) in [7, 11) is 1.55. The predicted molar refractivity (Wildman–Crippen MR) is 151 cm³/mol. The molecule has 0 saturated carbocycles. The second-order valence-electron chi connectivity index (χ2n) is 8.65. The largest absolute Gasteiger partial charge is 0.383 e. The monoisotopic (exact) mass is 592 g/mol. The van der Waals surface area contributed by atoms with Gasteiger partial charge in [0.1, 0.15) is 10.7 Å². The third-order valence-electron chi connectivity index (χ3n) is 6.11.